The zero-order valence-electron chi connectivity index (χ0n) is 3.78. The highest BCUT2D eigenvalue weighted by Crippen LogP contribution is 2.53. The second-order valence-corrected chi connectivity index (χ2v) is 3.91. The van der Waals surface area contributed by atoms with Crippen LogP contribution in [0.5, 0.6) is 0 Å². The molecule has 6 heavy (non-hydrogen) atoms. The fraction of sp³-hybridized carbons (Fsp3) is 1.00. The van der Waals surface area contributed by atoms with Gasteiger partial charge < -0.3 is 0 Å². The van der Waals surface area contributed by atoms with Crippen molar-refractivity contribution in [2.24, 2.45) is 5.92 Å². The minimum absolute atomic E-state index is 1.23. The molecule has 0 nitrogen and oxygen atoms in total. The molecule has 2 atom stereocenters. The number of hydrogen-bond acceptors (Lipinski definition) is 0. The Hall–Kier alpha value is 0.430. The summed E-state index contributed by atoms with van der Waals surface area (Å²) in [4.78, 5) is 0. The maximum atomic E-state index is 1.59. The lowest BCUT2D eigenvalue weighted by molar-refractivity contribution is 0.884. The molecule has 0 aromatic rings. The van der Waals surface area contributed by atoms with E-state index in [2.05, 4.69) is 0 Å². The smallest absolute Gasteiger partial charge is 0.0171 e. The van der Waals surface area contributed by atoms with Gasteiger partial charge in [0.1, 0.15) is 0 Å². The highest BCUT2D eigenvalue weighted by Gasteiger charge is 2.37. The molecule has 1 aliphatic carbocycles. The molecule has 1 saturated heterocycles. The summed E-state index contributed by atoms with van der Waals surface area (Å²) in [6, 6.07) is 0. The van der Waals surface area contributed by atoms with Crippen LogP contribution >= 0.6 is 8.58 Å². The molecule has 0 spiro atoms. The minimum Gasteiger partial charge on any atom is -0.118 e. The van der Waals surface area contributed by atoms with E-state index in [0.29, 0.717) is 0 Å². The van der Waals surface area contributed by atoms with Crippen LogP contribution in [-0.4, -0.2) is 11.8 Å². The van der Waals surface area contributed by atoms with E-state index in [9.17, 15) is 0 Å². The molecule has 0 amide bonds. The zero-order valence-corrected chi connectivity index (χ0v) is 4.78. The summed E-state index contributed by atoms with van der Waals surface area (Å²) in [6.07, 6.45) is 4.72. The fourth-order valence-electron chi connectivity index (χ4n) is 0.900. The summed E-state index contributed by atoms with van der Waals surface area (Å²) in [5.41, 5.74) is 1.24. The Kier molecular flexibility index (Phi) is 0.561. The largest absolute Gasteiger partial charge is 0.118 e. The highest BCUT2D eigenvalue weighted by atomic mass is 31.1. The third kappa shape index (κ3) is 0.479. The Bertz CT molecular complexity index is 52.3. The van der Waals surface area contributed by atoms with Gasteiger partial charge in [-0.2, -0.15) is 0 Å². The monoisotopic (exact) mass is 100 g/mol. The molecule has 0 N–H and O–H groups in total. The Morgan fingerprint density at radius 1 is 1.33 bits per heavy atom. The predicted octanol–water partition coefficient (Wildman–Crippen LogP) is 1.46. The quantitative estimate of drug-likeness (QED) is 0.437. The molecular weight excluding hydrogens is 91.0 g/mol. The fourth-order valence-corrected chi connectivity index (χ4v) is 2.04. The molecule has 2 unspecified atom stereocenters. The molecule has 2 aliphatic rings. The Balaban J connectivity index is 1.92. The van der Waals surface area contributed by atoms with Gasteiger partial charge in [0.25, 0.3) is 0 Å². The van der Waals surface area contributed by atoms with Crippen molar-refractivity contribution in [3.63, 3.8) is 0 Å². The molecule has 1 saturated carbocycles. The van der Waals surface area contributed by atoms with Gasteiger partial charge in [-0.05, 0) is 30.6 Å². The van der Waals surface area contributed by atoms with Crippen molar-refractivity contribution in [3.8, 4) is 0 Å². The second-order valence-electron chi connectivity index (χ2n) is 2.35. The maximum Gasteiger partial charge on any atom is -0.0171 e. The topological polar surface area (TPSA) is 0 Å². The summed E-state index contributed by atoms with van der Waals surface area (Å²) < 4.78 is 0. The van der Waals surface area contributed by atoms with E-state index in [1.54, 1.807) is 19.0 Å². The van der Waals surface area contributed by atoms with Crippen molar-refractivity contribution in [1.29, 1.82) is 0 Å². The molecule has 0 bridgehead atoms. The van der Waals surface area contributed by atoms with Crippen molar-refractivity contribution < 1.29 is 0 Å². The summed E-state index contributed by atoms with van der Waals surface area (Å²) in [5, 5.41) is 0. The lowest BCUT2D eigenvalue weighted by Crippen LogP contribution is -1.80. The van der Waals surface area contributed by atoms with E-state index in [1.807, 2.05) is 0 Å². The summed E-state index contributed by atoms with van der Waals surface area (Å²) >= 11 is 0. The summed E-state index contributed by atoms with van der Waals surface area (Å²) in [6.45, 7) is 0. The lowest BCUT2D eigenvalue weighted by Gasteiger charge is -1.77. The van der Waals surface area contributed by atoms with E-state index in [-0.39, 0.29) is 0 Å². The normalized spacial score (nSPS) is 47.0. The predicted molar refractivity (Wildman–Crippen MR) is 29.7 cm³/mol. The minimum atomic E-state index is 1.23. The van der Waals surface area contributed by atoms with Crippen LogP contribution < -0.4 is 0 Å². The van der Waals surface area contributed by atoms with Crippen LogP contribution in [0, 0.1) is 5.92 Å². The molecule has 0 radical (unpaired) electrons. The van der Waals surface area contributed by atoms with Crippen molar-refractivity contribution in [2.75, 3.05) is 6.16 Å². The third-order valence-electron chi connectivity index (χ3n) is 1.63. The van der Waals surface area contributed by atoms with Gasteiger partial charge in [-0.15, -0.1) is 8.58 Å². The van der Waals surface area contributed by atoms with Gasteiger partial charge in [0.2, 0.25) is 0 Å². The van der Waals surface area contributed by atoms with Crippen LogP contribution in [0.4, 0.5) is 0 Å². The maximum absolute atomic E-state index is 1.59. The third-order valence-corrected chi connectivity index (χ3v) is 2.98. The van der Waals surface area contributed by atoms with Crippen LogP contribution in [0.2, 0.25) is 0 Å². The van der Waals surface area contributed by atoms with E-state index < -0.39 is 0 Å². The summed E-state index contributed by atoms with van der Waals surface area (Å²) in [7, 11) is 1.37. The van der Waals surface area contributed by atoms with Crippen LogP contribution in [0.15, 0.2) is 0 Å². The highest BCUT2D eigenvalue weighted by molar-refractivity contribution is 7.47. The van der Waals surface area contributed by atoms with Gasteiger partial charge in [-0.1, -0.05) is 0 Å². The second kappa shape index (κ2) is 0.980. The van der Waals surface area contributed by atoms with Crippen molar-refractivity contribution in [1.82, 2.24) is 0 Å². The first-order valence-electron chi connectivity index (χ1n) is 2.70. The molecule has 2 rings (SSSR count). The van der Waals surface area contributed by atoms with Gasteiger partial charge in [-0.3, -0.25) is 0 Å². The van der Waals surface area contributed by atoms with Crippen LogP contribution in [0.3, 0.4) is 0 Å². The van der Waals surface area contributed by atoms with E-state index in [1.165, 1.54) is 20.2 Å². The average Bonchev–Trinajstić information content (AvgIpc) is 2.26. The Morgan fingerprint density at radius 3 is 2.17 bits per heavy atom. The standard InChI is InChI=1S/C5H9P/c1-2-4(1)5-3-6-5/h4-6H,1-3H2. The van der Waals surface area contributed by atoms with Gasteiger partial charge in [0, 0.05) is 0 Å². The average molecular weight is 100 g/mol. The van der Waals surface area contributed by atoms with E-state index >= 15 is 0 Å². The number of hydrogen-bond donors (Lipinski definition) is 0. The van der Waals surface area contributed by atoms with Crippen molar-refractivity contribution in [2.45, 2.75) is 18.5 Å². The first kappa shape index (κ1) is 3.43. The SMILES string of the molecule is C1CC1C1CP1. The number of rotatable bonds is 1. The lowest BCUT2D eigenvalue weighted by atomic mass is 10.3. The van der Waals surface area contributed by atoms with Crippen molar-refractivity contribution >= 4 is 8.58 Å². The van der Waals surface area contributed by atoms with Crippen LogP contribution in [-0.2, 0) is 0 Å². The molecule has 34 valence electrons. The molecule has 1 aliphatic heterocycles. The zero-order chi connectivity index (χ0) is 3.98. The van der Waals surface area contributed by atoms with Crippen LogP contribution in [0.25, 0.3) is 0 Å². The van der Waals surface area contributed by atoms with E-state index in [4.69, 9.17) is 0 Å². The molecule has 0 aromatic heterocycles. The van der Waals surface area contributed by atoms with Gasteiger partial charge >= 0.3 is 0 Å². The molecule has 0 aromatic carbocycles. The molecule has 1 heterocycles. The Morgan fingerprint density at radius 2 is 2.00 bits per heavy atom. The van der Waals surface area contributed by atoms with Gasteiger partial charge in [0.05, 0.1) is 0 Å². The van der Waals surface area contributed by atoms with Crippen molar-refractivity contribution in [3.05, 3.63) is 0 Å². The van der Waals surface area contributed by atoms with Crippen LogP contribution in [0.1, 0.15) is 12.8 Å². The first-order chi connectivity index (χ1) is 2.97. The first-order valence-corrected chi connectivity index (χ1v) is 3.98. The molecular formula is C5H9P. The van der Waals surface area contributed by atoms with Gasteiger partial charge in [0.15, 0.2) is 0 Å². The summed E-state index contributed by atoms with van der Waals surface area (Å²) in [5.74, 6) is 1.23. The Labute approximate surface area is 40.1 Å². The van der Waals surface area contributed by atoms with E-state index in [0.717, 1.165) is 0 Å². The molecule has 1 heteroatoms. The molecule has 2 fully saturated rings. The van der Waals surface area contributed by atoms with Gasteiger partial charge in [-0.25, -0.2) is 0 Å².